The largest absolute Gasteiger partial charge is 0.295 e. The van der Waals surface area contributed by atoms with Crippen molar-refractivity contribution in [2.24, 2.45) is 0 Å². The average Bonchev–Trinajstić information content (AvgIpc) is 2.54. The Hall–Kier alpha value is -1.89. The fraction of sp³-hybridized carbons (Fsp3) is 0.350. The molecule has 0 saturated carbocycles. The van der Waals surface area contributed by atoms with Gasteiger partial charge in [0.05, 0.1) is 0 Å². The van der Waals surface area contributed by atoms with Crippen LogP contribution in [-0.4, -0.2) is 5.78 Å². The maximum atomic E-state index is 11.2. The summed E-state index contributed by atoms with van der Waals surface area (Å²) in [5.74, 6) is 0.109. The number of aryl methyl sites for hydroxylation is 1. The van der Waals surface area contributed by atoms with Crippen molar-refractivity contribution in [1.29, 1.82) is 0 Å². The molecule has 0 saturated heterocycles. The topological polar surface area (TPSA) is 17.1 Å². The molecular weight excluding hydrogens is 256 g/mol. The van der Waals surface area contributed by atoms with Gasteiger partial charge in [-0.3, -0.25) is 4.79 Å². The normalized spacial score (nSPS) is 8.90. The van der Waals surface area contributed by atoms with Crippen LogP contribution in [0.1, 0.15) is 56.1 Å². The van der Waals surface area contributed by atoms with Crippen LogP contribution >= 0.6 is 0 Å². The van der Waals surface area contributed by atoms with Crippen molar-refractivity contribution >= 4 is 5.78 Å². The lowest BCUT2D eigenvalue weighted by Gasteiger charge is -2.09. The highest BCUT2D eigenvalue weighted by Gasteiger charge is 2.04. The van der Waals surface area contributed by atoms with Crippen LogP contribution in [0.4, 0.5) is 0 Å². The molecule has 0 unspecified atom stereocenters. The summed E-state index contributed by atoms with van der Waals surface area (Å²) in [5.41, 5.74) is 5.75. The van der Waals surface area contributed by atoms with Crippen LogP contribution in [0.2, 0.25) is 0 Å². The molecule has 0 amide bonds. The fourth-order valence-corrected chi connectivity index (χ4v) is 1.95. The molecule has 0 aliphatic carbocycles. The maximum absolute atomic E-state index is 11.2. The number of Topliss-reactive ketones (excluding diaryl/α,β-unsaturated/α-hetero) is 1. The van der Waals surface area contributed by atoms with Crippen molar-refractivity contribution in [3.8, 4) is 11.1 Å². The van der Waals surface area contributed by atoms with Gasteiger partial charge in [0, 0.05) is 5.56 Å². The van der Waals surface area contributed by atoms with E-state index in [0.29, 0.717) is 0 Å². The van der Waals surface area contributed by atoms with Gasteiger partial charge in [0.1, 0.15) is 0 Å². The van der Waals surface area contributed by atoms with Crippen LogP contribution in [0.5, 0.6) is 0 Å². The van der Waals surface area contributed by atoms with E-state index in [-0.39, 0.29) is 5.78 Å². The number of benzene rings is 2. The summed E-state index contributed by atoms with van der Waals surface area (Å²) in [5, 5.41) is 0. The highest BCUT2D eigenvalue weighted by molar-refractivity contribution is 5.94. The zero-order chi connectivity index (χ0) is 16.4. The predicted molar refractivity (Wildman–Crippen MR) is 94.1 cm³/mol. The molecule has 0 aliphatic heterocycles. The predicted octanol–water partition coefficient (Wildman–Crippen LogP) is 6.23. The second kappa shape index (κ2) is 9.93. The van der Waals surface area contributed by atoms with Crippen LogP contribution in [0, 0.1) is 13.8 Å². The zero-order valence-electron chi connectivity index (χ0n) is 14.4. The highest BCUT2D eigenvalue weighted by atomic mass is 16.1. The molecule has 1 heteroatoms. The highest BCUT2D eigenvalue weighted by Crippen LogP contribution is 2.25. The van der Waals surface area contributed by atoms with E-state index in [0.717, 1.165) is 11.1 Å². The van der Waals surface area contributed by atoms with Crippen molar-refractivity contribution in [3.63, 3.8) is 0 Å². The number of rotatable bonds is 2. The lowest BCUT2D eigenvalue weighted by atomic mass is 9.96. The van der Waals surface area contributed by atoms with Crippen molar-refractivity contribution in [2.75, 3.05) is 0 Å². The summed E-state index contributed by atoms with van der Waals surface area (Å²) in [6.07, 6.45) is 0. The first-order valence-corrected chi connectivity index (χ1v) is 7.77. The number of hydrogen-bond acceptors (Lipinski definition) is 1. The van der Waals surface area contributed by atoms with E-state index in [9.17, 15) is 4.79 Å². The minimum absolute atomic E-state index is 0.109. The molecule has 0 aliphatic rings. The smallest absolute Gasteiger partial charge is 0.159 e. The summed E-state index contributed by atoms with van der Waals surface area (Å²) in [4.78, 5) is 11.2. The Morgan fingerprint density at radius 1 is 0.810 bits per heavy atom. The molecule has 2 aromatic carbocycles. The Labute approximate surface area is 130 Å². The van der Waals surface area contributed by atoms with Crippen LogP contribution in [0.3, 0.4) is 0 Å². The van der Waals surface area contributed by atoms with Gasteiger partial charge in [0.25, 0.3) is 0 Å². The van der Waals surface area contributed by atoms with Gasteiger partial charge in [-0.25, -0.2) is 0 Å². The van der Waals surface area contributed by atoms with Crippen molar-refractivity contribution in [3.05, 3.63) is 59.2 Å². The van der Waals surface area contributed by atoms with Crippen molar-refractivity contribution < 1.29 is 4.79 Å². The standard InChI is InChI=1S/C16H16O.2C2H6/c1-11-5-4-6-16(12(11)2)15-9-7-14(8-10-15)13(3)17;2*1-2/h4-10H,1-3H3;2*1-2H3. The van der Waals surface area contributed by atoms with Crippen LogP contribution < -0.4 is 0 Å². The van der Waals surface area contributed by atoms with E-state index in [1.54, 1.807) is 6.92 Å². The average molecular weight is 284 g/mol. The van der Waals surface area contributed by atoms with Gasteiger partial charge in [-0.2, -0.15) is 0 Å². The van der Waals surface area contributed by atoms with E-state index >= 15 is 0 Å². The van der Waals surface area contributed by atoms with Crippen LogP contribution in [0.15, 0.2) is 42.5 Å². The van der Waals surface area contributed by atoms with Crippen LogP contribution in [-0.2, 0) is 0 Å². The van der Waals surface area contributed by atoms with Crippen LogP contribution in [0.25, 0.3) is 11.1 Å². The number of carbonyl (C=O) groups is 1. The SMILES string of the molecule is CC.CC.CC(=O)c1ccc(-c2cccc(C)c2C)cc1. The van der Waals surface area contributed by atoms with E-state index in [4.69, 9.17) is 0 Å². The second-order valence-corrected chi connectivity index (χ2v) is 4.38. The maximum Gasteiger partial charge on any atom is 0.159 e. The number of hydrogen-bond donors (Lipinski definition) is 0. The first kappa shape index (κ1) is 19.1. The zero-order valence-corrected chi connectivity index (χ0v) is 14.4. The van der Waals surface area contributed by atoms with E-state index in [1.807, 2.05) is 52.0 Å². The Bertz CT molecular complexity index is 551. The van der Waals surface area contributed by atoms with E-state index < -0.39 is 0 Å². The third-order valence-electron chi connectivity index (χ3n) is 3.21. The summed E-state index contributed by atoms with van der Waals surface area (Å²) < 4.78 is 0. The molecule has 0 spiro atoms. The third-order valence-corrected chi connectivity index (χ3v) is 3.21. The Kier molecular flexibility index (Phi) is 9.03. The van der Waals surface area contributed by atoms with E-state index in [1.165, 1.54) is 16.7 Å². The second-order valence-electron chi connectivity index (χ2n) is 4.38. The molecule has 2 aromatic rings. The van der Waals surface area contributed by atoms with Crippen molar-refractivity contribution in [1.82, 2.24) is 0 Å². The molecule has 0 bridgehead atoms. The molecule has 0 fully saturated rings. The molecule has 21 heavy (non-hydrogen) atoms. The summed E-state index contributed by atoms with van der Waals surface area (Å²) in [6.45, 7) is 13.8. The molecule has 0 radical (unpaired) electrons. The lowest BCUT2D eigenvalue weighted by molar-refractivity contribution is 0.101. The minimum atomic E-state index is 0.109. The summed E-state index contributed by atoms with van der Waals surface area (Å²) in [6, 6.07) is 14.1. The van der Waals surface area contributed by atoms with Gasteiger partial charge >= 0.3 is 0 Å². The molecule has 0 N–H and O–H groups in total. The van der Waals surface area contributed by atoms with E-state index in [2.05, 4.69) is 32.0 Å². The van der Waals surface area contributed by atoms with Gasteiger partial charge in [-0.1, -0.05) is 70.2 Å². The Morgan fingerprint density at radius 2 is 1.33 bits per heavy atom. The molecule has 0 atom stereocenters. The molecule has 1 nitrogen and oxygen atoms in total. The molecule has 0 aromatic heterocycles. The lowest BCUT2D eigenvalue weighted by Crippen LogP contribution is -1.92. The molecule has 2 rings (SSSR count). The minimum Gasteiger partial charge on any atom is -0.295 e. The van der Waals surface area contributed by atoms with Crippen molar-refractivity contribution in [2.45, 2.75) is 48.5 Å². The molecule has 0 heterocycles. The first-order valence-electron chi connectivity index (χ1n) is 7.77. The number of carbonyl (C=O) groups excluding carboxylic acids is 1. The quantitative estimate of drug-likeness (QED) is 0.598. The van der Waals surface area contributed by atoms with Gasteiger partial charge in [-0.15, -0.1) is 0 Å². The fourth-order valence-electron chi connectivity index (χ4n) is 1.95. The Morgan fingerprint density at radius 3 is 1.81 bits per heavy atom. The van der Waals surface area contributed by atoms with Gasteiger partial charge in [0.2, 0.25) is 0 Å². The third kappa shape index (κ3) is 5.18. The van der Waals surface area contributed by atoms with Gasteiger partial charge in [0.15, 0.2) is 5.78 Å². The summed E-state index contributed by atoms with van der Waals surface area (Å²) in [7, 11) is 0. The molecular formula is C20H28O. The monoisotopic (exact) mass is 284 g/mol. The Balaban J connectivity index is 0.000000921. The summed E-state index contributed by atoms with van der Waals surface area (Å²) >= 11 is 0. The van der Waals surface area contributed by atoms with Gasteiger partial charge in [-0.05, 0) is 43.0 Å². The molecule has 114 valence electrons. The van der Waals surface area contributed by atoms with Gasteiger partial charge < -0.3 is 0 Å². The number of ketones is 1. The first-order chi connectivity index (χ1) is 10.1.